The number of halogens is 5. The molecule has 4 nitrogen and oxygen atoms in total. The first-order valence-corrected chi connectivity index (χ1v) is 7.70. The third kappa shape index (κ3) is 4.90. The quantitative estimate of drug-likeness (QED) is 0.721. The van der Waals surface area contributed by atoms with E-state index >= 15 is 0 Å². The molecule has 0 spiro atoms. The number of para-hydroxylation sites is 2. The van der Waals surface area contributed by atoms with Crippen LogP contribution in [0.5, 0.6) is 11.6 Å². The van der Waals surface area contributed by atoms with Crippen molar-refractivity contribution in [3.05, 3.63) is 47.1 Å². The smallest absolute Gasteiger partial charge is 0.417 e. The van der Waals surface area contributed by atoms with Gasteiger partial charge in [-0.1, -0.05) is 23.7 Å². The molecule has 2 aromatic rings. The number of aliphatic hydroxyl groups excluding tert-OH is 1. The molecule has 2 rings (SSSR count). The van der Waals surface area contributed by atoms with Gasteiger partial charge in [0.15, 0.2) is 5.75 Å². The van der Waals surface area contributed by atoms with Gasteiger partial charge in [0.25, 0.3) is 0 Å². The van der Waals surface area contributed by atoms with Gasteiger partial charge in [-0.05, 0) is 18.2 Å². The summed E-state index contributed by atoms with van der Waals surface area (Å²) >= 11 is 11.3. The fourth-order valence-corrected chi connectivity index (χ4v) is 2.06. The molecule has 2 N–H and O–H groups in total. The molecule has 0 aliphatic rings. The molecule has 9 heteroatoms. The van der Waals surface area contributed by atoms with Crippen molar-refractivity contribution in [1.29, 1.82) is 0 Å². The van der Waals surface area contributed by atoms with Gasteiger partial charge in [0.1, 0.15) is 5.02 Å². The predicted octanol–water partition coefficient (Wildman–Crippen LogP) is 4.56. The van der Waals surface area contributed by atoms with Gasteiger partial charge in [-0.3, -0.25) is 0 Å². The highest BCUT2D eigenvalue weighted by Crippen LogP contribution is 2.36. The average molecular weight is 381 g/mol. The molecule has 0 saturated carbocycles. The third-order valence-electron chi connectivity index (χ3n) is 2.93. The Labute approximate surface area is 146 Å². The fourth-order valence-electron chi connectivity index (χ4n) is 1.74. The lowest BCUT2D eigenvalue weighted by Gasteiger charge is -2.15. The summed E-state index contributed by atoms with van der Waals surface area (Å²) in [4.78, 5) is 3.62. The number of ether oxygens (including phenoxy) is 1. The van der Waals surface area contributed by atoms with Crippen LogP contribution in [0, 0.1) is 0 Å². The number of benzene rings is 1. The lowest BCUT2D eigenvalue weighted by Crippen LogP contribution is -2.20. The van der Waals surface area contributed by atoms with Gasteiger partial charge in [0.2, 0.25) is 5.88 Å². The number of alkyl halides is 4. The number of pyridine rings is 1. The summed E-state index contributed by atoms with van der Waals surface area (Å²) in [6.45, 7) is 0.179. The Hall–Kier alpha value is -1.70. The Morgan fingerprint density at radius 3 is 2.62 bits per heavy atom. The van der Waals surface area contributed by atoms with E-state index in [4.69, 9.17) is 27.9 Å². The summed E-state index contributed by atoms with van der Waals surface area (Å²) in [6.07, 6.45) is -4.64. The summed E-state index contributed by atoms with van der Waals surface area (Å²) < 4.78 is 43.3. The Morgan fingerprint density at radius 1 is 1.29 bits per heavy atom. The van der Waals surface area contributed by atoms with Gasteiger partial charge in [-0.25, -0.2) is 4.98 Å². The van der Waals surface area contributed by atoms with Crippen LogP contribution >= 0.6 is 23.2 Å². The summed E-state index contributed by atoms with van der Waals surface area (Å²) in [5.41, 5.74) is -0.448. The second-order valence-corrected chi connectivity index (χ2v) is 5.51. The van der Waals surface area contributed by atoms with Crippen molar-refractivity contribution >= 4 is 28.9 Å². The number of anilines is 1. The largest absolute Gasteiger partial charge is 0.435 e. The molecule has 1 aromatic carbocycles. The molecule has 1 aromatic heterocycles. The lowest BCUT2D eigenvalue weighted by atomic mass is 10.2. The van der Waals surface area contributed by atoms with E-state index in [1.807, 2.05) is 0 Å². The van der Waals surface area contributed by atoms with Crippen LogP contribution < -0.4 is 10.1 Å². The summed E-state index contributed by atoms with van der Waals surface area (Å²) in [5, 5.41) is 12.1. The van der Waals surface area contributed by atoms with Crippen molar-refractivity contribution in [2.24, 2.45) is 0 Å². The van der Waals surface area contributed by atoms with Gasteiger partial charge in [-0.2, -0.15) is 13.2 Å². The van der Waals surface area contributed by atoms with E-state index < -0.39 is 17.8 Å². The Bertz CT molecular complexity index is 699. The van der Waals surface area contributed by atoms with E-state index in [2.05, 4.69) is 10.3 Å². The van der Waals surface area contributed by atoms with Crippen LogP contribution in [0.1, 0.15) is 5.56 Å². The second-order valence-electron chi connectivity index (χ2n) is 4.80. The zero-order valence-corrected chi connectivity index (χ0v) is 13.7. The molecule has 1 atom stereocenters. The van der Waals surface area contributed by atoms with Gasteiger partial charge in [0, 0.05) is 12.7 Å². The molecule has 0 bridgehead atoms. The van der Waals surface area contributed by atoms with Crippen LogP contribution in [0.15, 0.2) is 36.5 Å². The molecular formula is C15H13Cl2F3N2O2. The highest BCUT2D eigenvalue weighted by Gasteiger charge is 2.31. The molecule has 0 aliphatic heterocycles. The minimum atomic E-state index is -4.54. The van der Waals surface area contributed by atoms with Crippen LogP contribution in [0.25, 0.3) is 0 Å². The van der Waals surface area contributed by atoms with Crippen LogP contribution in [0.4, 0.5) is 18.9 Å². The van der Waals surface area contributed by atoms with E-state index in [0.717, 1.165) is 6.07 Å². The summed E-state index contributed by atoms with van der Waals surface area (Å²) in [5.74, 6) is 0.202. The highest BCUT2D eigenvalue weighted by molar-refractivity contribution is 6.31. The molecule has 0 fully saturated rings. The van der Waals surface area contributed by atoms with Gasteiger partial charge < -0.3 is 15.2 Å². The molecular weight excluding hydrogens is 368 g/mol. The van der Waals surface area contributed by atoms with E-state index in [1.165, 1.54) is 0 Å². The maximum atomic E-state index is 12.6. The van der Waals surface area contributed by atoms with E-state index in [1.54, 1.807) is 24.3 Å². The van der Waals surface area contributed by atoms with Crippen LogP contribution in [0.3, 0.4) is 0 Å². The summed E-state index contributed by atoms with van der Waals surface area (Å²) in [7, 11) is 0. The lowest BCUT2D eigenvalue weighted by molar-refractivity contribution is -0.137. The molecule has 0 radical (unpaired) electrons. The Balaban J connectivity index is 2.19. The number of aromatic nitrogens is 1. The number of nitrogens with zero attached hydrogens (tertiary/aromatic N) is 1. The normalized spacial score (nSPS) is 12.8. The van der Waals surface area contributed by atoms with Crippen LogP contribution in [-0.4, -0.2) is 28.6 Å². The van der Waals surface area contributed by atoms with E-state index in [0.29, 0.717) is 17.6 Å². The van der Waals surface area contributed by atoms with E-state index in [-0.39, 0.29) is 23.3 Å². The first-order valence-electron chi connectivity index (χ1n) is 6.78. The molecule has 0 saturated heterocycles. The maximum absolute atomic E-state index is 12.6. The second kappa shape index (κ2) is 7.92. The average Bonchev–Trinajstić information content (AvgIpc) is 2.54. The first kappa shape index (κ1) is 18.6. The monoisotopic (exact) mass is 380 g/mol. The Morgan fingerprint density at radius 2 is 2.00 bits per heavy atom. The molecule has 0 amide bonds. The van der Waals surface area contributed by atoms with Crippen molar-refractivity contribution in [3.63, 3.8) is 0 Å². The fraction of sp³-hybridized carbons (Fsp3) is 0.267. The molecule has 130 valence electrons. The van der Waals surface area contributed by atoms with E-state index in [9.17, 15) is 18.3 Å². The topological polar surface area (TPSA) is 54.4 Å². The van der Waals surface area contributed by atoms with Gasteiger partial charge in [0.05, 0.1) is 23.2 Å². The highest BCUT2D eigenvalue weighted by atomic mass is 35.5. The maximum Gasteiger partial charge on any atom is 0.417 e. The number of hydrogen-bond donors (Lipinski definition) is 2. The van der Waals surface area contributed by atoms with Crippen LogP contribution in [0.2, 0.25) is 5.02 Å². The van der Waals surface area contributed by atoms with Crippen molar-refractivity contribution < 1.29 is 23.0 Å². The van der Waals surface area contributed by atoms with Crippen molar-refractivity contribution in [2.45, 2.75) is 12.3 Å². The zero-order chi connectivity index (χ0) is 17.7. The summed E-state index contributed by atoms with van der Waals surface area (Å²) in [6, 6.07) is 7.41. The standard InChI is InChI=1S/C15H13Cl2F3N2O2/c16-6-10(23)8-21-12-3-1-2-4-13(12)24-14-11(17)5-9(7-22-14)15(18,19)20/h1-5,7,10,21,23H,6,8H2. The van der Waals surface area contributed by atoms with Crippen molar-refractivity contribution in [3.8, 4) is 11.6 Å². The molecule has 1 heterocycles. The SMILES string of the molecule is OC(CCl)CNc1ccccc1Oc1ncc(C(F)(F)F)cc1Cl. The minimum Gasteiger partial charge on any atom is -0.435 e. The minimum absolute atomic E-state index is 0.0578. The third-order valence-corrected chi connectivity index (χ3v) is 3.56. The van der Waals surface area contributed by atoms with Crippen LogP contribution in [-0.2, 0) is 6.18 Å². The number of nitrogens with one attached hydrogen (secondary N) is 1. The predicted molar refractivity (Wildman–Crippen MR) is 86.0 cm³/mol. The molecule has 24 heavy (non-hydrogen) atoms. The molecule has 0 aliphatic carbocycles. The zero-order valence-electron chi connectivity index (χ0n) is 12.1. The number of hydrogen-bond acceptors (Lipinski definition) is 4. The van der Waals surface area contributed by atoms with Crippen molar-refractivity contribution in [2.75, 3.05) is 17.7 Å². The number of aliphatic hydroxyl groups is 1. The van der Waals surface area contributed by atoms with Gasteiger partial charge in [-0.15, -0.1) is 11.6 Å². The Kier molecular flexibility index (Phi) is 6.15. The van der Waals surface area contributed by atoms with Crippen molar-refractivity contribution in [1.82, 2.24) is 4.98 Å². The van der Waals surface area contributed by atoms with Gasteiger partial charge >= 0.3 is 6.18 Å². The first-order chi connectivity index (χ1) is 11.3. The molecule has 1 unspecified atom stereocenters. The number of rotatable bonds is 6.